The van der Waals surface area contributed by atoms with Gasteiger partial charge in [0, 0.05) is 18.1 Å². The van der Waals surface area contributed by atoms with Crippen molar-refractivity contribution in [2.75, 3.05) is 32.5 Å². The number of nitrogens with one attached hydrogen (secondary N) is 2. The van der Waals surface area contributed by atoms with Crippen molar-refractivity contribution < 1.29 is 9.69 Å². The van der Waals surface area contributed by atoms with E-state index in [0.717, 1.165) is 17.8 Å². The van der Waals surface area contributed by atoms with Crippen molar-refractivity contribution in [3.63, 3.8) is 0 Å². The summed E-state index contributed by atoms with van der Waals surface area (Å²) in [6.07, 6.45) is 3.52. The van der Waals surface area contributed by atoms with Gasteiger partial charge in [-0.3, -0.25) is 4.98 Å². The molecule has 23 heavy (non-hydrogen) atoms. The lowest BCUT2D eigenvalue weighted by Gasteiger charge is -2.30. The van der Waals surface area contributed by atoms with Crippen LogP contribution in [-0.4, -0.2) is 43.1 Å². The van der Waals surface area contributed by atoms with Gasteiger partial charge in [0.25, 0.3) is 0 Å². The quantitative estimate of drug-likeness (QED) is 0.855. The van der Waals surface area contributed by atoms with Crippen molar-refractivity contribution in [1.29, 1.82) is 0 Å². The molecular weight excluding hydrogens is 288 g/mol. The van der Waals surface area contributed by atoms with E-state index in [4.69, 9.17) is 0 Å². The van der Waals surface area contributed by atoms with Crippen LogP contribution < -0.4 is 10.2 Å². The van der Waals surface area contributed by atoms with Crippen LogP contribution in [0, 0.1) is 0 Å². The molecule has 1 aromatic carbocycles. The molecule has 0 aliphatic carbocycles. The van der Waals surface area contributed by atoms with Gasteiger partial charge in [-0.15, -0.1) is 0 Å². The number of hydrogen-bond acceptors (Lipinski definition) is 2. The molecule has 5 nitrogen and oxygen atoms in total. The maximum atomic E-state index is 12.7. The van der Waals surface area contributed by atoms with Gasteiger partial charge in [0.1, 0.15) is 0 Å². The molecule has 5 heteroatoms. The largest absolute Gasteiger partial charge is 0.338 e. The number of anilines is 1. The first-order chi connectivity index (χ1) is 11.1. The van der Waals surface area contributed by atoms with Crippen molar-refractivity contribution in [2.45, 2.75) is 13.0 Å². The van der Waals surface area contributed by atoms with E-state index in [9.17, 15) is 4.79 Å². The fourth-order valence-electron chi connectivity index (χ4n) is 2.35. The number of aromatic nitrogens is 1. The van der Waals surface area contributed by atoms with Crippen molar-refractivity contribution in [2.24, 2.45) is 0 Å². The van der Waals surface area contributed by atoms with Crippen LogP contribution in [0.5, 0.6) is 0 Å². The van der Waals surface area contributed by atoms with Gasteiger partial charge >= 0.3 is 6.03 Å². The number of benzene rings is 1. The third-order valence-corrected chi connectivity index (χ3v) is 3.79. The minimum absolute atomic E-state index is 0.0129. The summed E-state index contributed by atoms with van der Waals surface area (Å²) in [6, 6.07) is 13.4. The maximum Gasteiger partial charge on any atom is 0.322 e. The molecule has 0 fully saturated rings. The van der Waals surface area contributed by atoms with Crippen molar-refractivity contribution >= 4 is 11.7 Å². The van der Waals surface area contributed by atoms with Gasteiger partial charge in [-0.05, 0) is 36.8 Å². The molecule has 2 N–H and O–H groups in total. The zero-order valence-corrected chi connectivity index (χ0v) is 14.0. The number of para-hydroxylation sites is 1. The van der Waals surface area contributed by atoms with Crippen LogP contribution in [0.1, 0.15) is 18.5 Å². The van der Waals surface area contributed by atoms with Crippen LogP contribution in [0.25, 0.3) is 0 Å². The lowest BCUT2D eigenvalue weighted by Crippen LogP contribution is -3.06. The monoisotopic (exact) mass is 313 g/mol. The Morgan fingerprint density at radius 1 is 1.17 bits per heavy atom. The first-order valence-electron chi connectivity index (χ1n) is 7.89. The Morgan fingerprint density at radius 2 is 1.83 bits per heavy atom. The highest BCUT2D eigenvalue weighted by Crippen LogP contribution is 2.20. The Balaban J connectivity index is 2.14. The van der Waals surface area contributed by atoms with E-state index >= 15 is 0 Å². The van der Waals surface area contributed by atoms with Gasteiger partial charge in [0.15, 0.2) is 0 Å². The first-order valence-corrected chi connectivity index (χ1v) is 7.89. The summed E-state index contributed by atoms with van der Waals surface area (Å²) in [6.45, 7) is 3.62. The number of pyridine rings is 1. The second-order valence-corrected chi connectivity index (χ2v) is 5.90. The Hall–Kier alpha value is -2.40. The number of amides is 2. The SMILES string of the molecule is CC(c1ccncc1)N(CC[NH+](C)C)C(=O)Nc1ccccc1. The van der Waals surface area contributed by atoms with E-state index in [0.29, 0.717) is 6.54 Å². The summed E-state index contributed by atoms with van der Waals surface area (Å²) < 4.78 is 0. The van der Waals surface area contributed by atoms with Crippen molar-refractivity contribution in [3.8, 4) is 0 Å². The summed E-state index contributed by atoms with van der Waals surface area (Å²) in [5.74, 6) is 0. The van der Waals surface area contributed by atoms with Crippen molar-refractivity contribution in [1.82, 2.24) is 9.88 Å². The van der Waals surface area contributed by atoms with E-state index in [1.807, 2.05) is 54.3 Å². The fraction of sp³-hybridized carbons (Fsp3) is 0.333. The number of quaternary nitrogens is 1. The zero-order chi connectivity index (χ0) is 16.7. The number of carbonyl (C=O) groups excluding carboxylic acids is 1. The van der Waals surface area contributed by atoms with Crippen LogP contribution in [0.3, 0.4) is 0 Å². The molecule has 1 aromatic heterocycles. The number of urea groups is 1. The second-order valence-electron chi connectivity index (χ2n) is 5.90. The third-order valence-electron chi connectivity index (χ3n) is 3.79. The molecule has 0 spiro atoms. The summed E-state index contributed by atoms with van der Waals surface area (Å²) in [4.78, 5) is 20.0. The Labute approximate surface area is 137 Å². The van der Waals surface area contributed by atoms with Gasteiger partial charge in [-0.2, -0.15) is 0 Å². The molecule has 2 amide bonds. The predicted molar refractivity (Wildman–Crippen MR) is 92.5 cm³/mol. The highest BCUT2D eigenvalue weighted by Gasteiger charge is 2.22. The molecule has 122 valence electrons. The molecule has 1 heterocycles. The fourth-order valence-corrected chi connectivity index (χ4v) is 2.35. The molecular formula is C18H25N4O+. The van der Waals surface area contributed by atoms with Crippen LogP contribution in [0.2, 0.25) is 0 Å². The van der Waals surface area contributed by atoms with Crippen molar-refractivity contribution in [3.05, 3.63) is 60.4 Å². The second kappa shape index (κ2) is 8.29. The summed E-state index contributed by atoms with van der Waals surface area (Å²) in [5, 5.41) is 2.98. The molecule has 0 bridgehead atoms. The van der Waals surface area contributed by atoms with Gasteiger partial charge in [0.2, 0.25) is 0 Å². The third kappa shape index (κ3) is 5.07. The molecule has 0 saturated carbocycles. The molecule has 2 rings (SSSR count). The minimum Gasteiger partial charge on any atom is -0.338 e. The Morgan fingerprint density at radius 3 is 2.43 bits per heavy atom. The van der Waals surface area contributed by atoms with E-state index in [-0.39, 0.29) is 12.1 Å². The number of rotatable bonds is 6. The number of carbonyl (C=O) groups is 1. The lowest BCUT2D eigenvalue weighted by molar-refractivity contribution is -0.857. The van der Waals surface area contributed by atoms with E-state index in [1.165, 1.54) is 4.90 Å². The minimum atomic E-state index is -0.0817. The van der Waals surface area contributed by atoms with Crippen LogP contribution in [0.4, 0.5) is 10.5 Å². The summed E-state index contributed by atoms with van der Waals surface area (Å²) in [7, 11) is 4.18. The number of hydrogen-bond donors (Lipinski definition) is 2. The smallest absolute Gasteiger partial charge is 0.322 e. The lowest BCUT2D eigenvalue weighted by atomic mass is 10.1. The average Bonchev–Trinajstić information content (AvgIpc) is 2.56. The summed E-state index contributed by atoms with van der Waals surface area (Å²) in [5.41, 5.74) is 1.89. The predicted octanol–water partition coefficient (Wildman–Crippen LogP) is 1.82. The maximum absolute atomic E-state index is 12.7. The van der Waals surface area contributed by atoms with Crippen LogP contribution >= 0.6 is 0 Å². The Kier molecular flexibility index (Phi) is 6.11. The van der Waals surface area contributed by atoms with E-state index in [1.54, 1.807) is 12.4 Å². The molecule has 1 atom stereocenters. The van der Waals surface area contributed by atoms with Gasteiger partial charge in [0.05, 0.1) is 33.2 Å². The molecule has 1 unspecified atom stereocenters. The van der Waals surface area contributed by atoms with E-state index in [2.05, 4.69) is 24.4 Å². The molecule has 0 saturated heterocycles. The average molecular weight is 313 g/mol. The first kappa shape index (κ1) is 17.0. The van der Waals surface area contributed by atoms with Crippen LogP contribution in [-0.2, 0) is 0 Å². The van der Waals surface area contributed by atoms with E-state index < -0.39 is 0 Å². The Bertz CT molecular complexity index is 601. The molecule has 2 aromatic rings. The molecule has 0 aliphatic rings. The standard InChI is InChI=1S/C18H24N4O/c1-15(16-9-11-19-12-10-16)22(14-13-21(2)3)18(23)20-17-7-5-4-6-8-17/h4-12,15H,13-14H2,1-3H3,(H,20,23)/p+1. The van der Waals surface area contributed by atoms with Gasteiger partial charge in [-0.1, -0.05) is 18.2 Å². The normalized spacial score (nSPS) is 12.0. The van der Waals surface area contributed by atoms with Crippen LogP contribution in [0.15, 0.2) is 54.9 Å². The number of nitrogens with zero attached hydrogens (tertiary/aromatic N) is 2. The van der Waals surface area contributed by atoms with Gasteiger partial charge in [-0.25, -0.2) is 4.79 Å². The zero-order valence-electron chi connectivity index (χ0n) is 14.0. The molecule has 0 radical (unpaired) electrons. The molecule has 0 aliphatic heterocycles. The number of likely N-dealkylation sites (N-methyl/N-ethyl adjacent to an activating group) is 1. The highest BCUT2D eigenvalue weighted by molar-refractivity contribution is 5.89. The van der Waals surface area contributed by atoms with Gasteiger partial charge < -0.3 is 15.1 Å². The highest BCUT2D eigenvalue weighted by atomic mass is 16.2. The summed E-state index contributed by atoms with van der Waals surface area (Å²) >= 11 is 0. The topological polar surface area (TPSA) is 49.7 Å².